The Kier molecular flexibility index (Phi) is 7.79. The lowest BCUT2D eigenvalue weighted by atomic mass is 9.95. The molecule has 0 unspecified atom stereocenters. The van der Waals surface area contributed by atoms with E-state index in [-0.39, 0.29) is 12.3 Å². The molecule has 7 nitrogen and oxygen atoms in total. The number of aliphatic carboxylic acids is 1. The van der Waals surface area contributed by atoms with Gasteiger partial charge in [0.1, 0.15) is 5.82 Å². The van der Waals surface area contributed by atoms with E-state index in [0.29, 0.717) is 11.6 Å². The smallest absolute Gasteiger partial charge is 0.304 e. The maximum Gasteiger partial charge on any atom is 0.304 e. The Balaban J connectivity index is 1.37. The van der Waals surface area contributed by atoms with Gasteiger partial charge in [0, 0.05) is 42.8 Å². The highest BCUT2D eigenvalue weighted by Crippen LogP contribution is 2.35. The van der Waals surface area contributed by atoms with Crippen molar-refractivity contribution in [1.82, 2.24) is 9.97 Å². The third kappa shape index (κ3) is 5.75. The van der Waals surface area contributed by atoms with Crippen molar-refractivity contribution >= 4 is 34.2 Å². The predicted octanol–water partition coefficient (Wildman–Crippen LogP) is 5.77. The van der Waals surface area contributed by atoms with Gasteiger partial charge >= 0.3 is 5.97 Å². The van der Waals surface area contributed by atoms with E-state index >= 15 is 0 Å². The van der Waals surface area contributed by atoms with Crippen molar-refractivity contribution in [2.24, 2.45) is 5.92 Å². The van der Waals surface area contributed by atoms with Crippen molar-refractivity contribution in [2.75, 3.05) is 29.9 Å². The van der Waals surface area contributed by atoms with E-state index in [1.807, 2.05) is 60.1 Å². The minimum atomic E-state index is -0.995. The van der Waals surface area contributed by atoms with Gasteiger partial charge in [-0.05, 0) is 42.5 Å². The Hall–Kier alpha value is -4.04. The highest BCUT2D eigenvalue weighted by molar-refractivity contribution is 7.14. The maximum atomic E-state index is 13.4. The first-order valence-electron chi connectivity index (χ1n) is 12.8. The fraction of sp³-hybridized carbons (Fsp3) is 0.267. The first-order chi connectivity index (χ1) is 18.5. The summed E-state index contributed by atoms with van der Waals surface area (Å²) in [6, 6.07) is 21.7. The maximum absolute atomic E-state index is 13.4. The second kappa shape index (κ2) is 11.6. The first kappa shape index (κ1) is 25.6. The molecule has 2 aromatic heterocycles. The number of hydrogen-bond donors (Lipinski definition) is 1. The van der Waals surface area contributed by atoms with Crippen LogP contribution in [0.5, 0.6) is 0 Å². The van der Waals surface area contributed by atoms with Crippen LogP contribution in [0.15, 0.2) is 78.3 Å². The van der Waals surface area contributed by atoms with E-state index in [1.165, 1.54) is 29.1 Å². The summed E-state index contributed by atoms with van der Waals surface area (Å²) in [6.45, 7) is 2.10. The zero-order valence-corrected chi connectivity index (χ0v) is 22.1. The van der Waals surface area contributed by atoms with E-state index in [4.69, 9.17) is 9.97 Å². The van der Waals surface area contributed by atoms with Gasteiger partial charge in [-0.3, -0.25) is 14.5 Å². The van der Waals surface area contributed by atoms with Crippen molar-refractivity contribution < 1.29 is 14.7 Å². The molecule has 3 heterocycles. The molecule has 0 aliphatic carbocycles. The predicted molar refractivity (Wildman–Crippen MR) is 152 cm³/mol. The van der Waals surface area contributed by atoms with Gasteiger partial charge in [-0.15, -0.1) is 11.3 Å². The second-order valence-corrected chi connectivity index (χ2v) is 10.4. The average molecular weight is 527 g/mol. The molecule has 38 heavy (non-hydrogen) atoms. The van der Waals surface area contributed by atoms with Crippen LogP contribution in [0.4, 0.5) is 10.9 Å². The van der Waals surface area contributed by atoms with Crippen LogP contribution in [-0.2, 0) is 16.0 Å². The summed E-state index contributed by atoms with van der Waals surface area (Å²) in [7, 11) is 1.66. The molecule has 0 saturated carbocycles. The zero-order valence-electron chi connectivity index (χ0n) is 21.3. The standard InChI is InChI=1S/C30H30N4O3S/c1-33(29(37)23(18-28(35)36)17-21-9-3-2-4-10-21)30-32-26(20-38-30)25-12-6-5-11-24(25)22-13-14-27(31-19-22)34-15-7-8-16-34/h2-6,9-14,19-20,23H,7-8,15-18H2,1H3,(H,35,36)/t23-/m1/s1. The van der Waals surface area contributed by atoms with Crippen LogP contribution in [0, 0.1) is 5.92 Å². The van der Waals surface area contributed by atoms with Crippen LogP contribution in [0.25, 0.3) is 22.4 Å². The molecular weight excluding hydrogens is 496 g/mol. The lowest BCUT2D eigenvalue weighted by Gasteiger charge is -2.21. The van der Waals surface area contributed by atoms with E-state index in [0.717, 1.165) is 46.9 Å². The average Bonchev–Trinajstić information content (AvgIpc) is 3.66. The quantitative estimate of drug-likeness (QED) is 0.298. The summed E-state index contributed by atoms with van der Waals surface area (Å²) in [6.07, 6.45) is 4.45. The number of benzene rings is 2. The minimum absolute atomic E-state index is 0.237. The van der Waals surface area contributed by atoms with Gasteiger partial charge in [-0.2, -0.15) is 0 Å². The molecule has 0 spiro atoms. The third-order valence-electron chi connectivity index (χ3n) is 6.90. The number of carbonyl (C=O) groups is 2. The molecule has 0 radical (unpaired) electrons. The summed E-state index contributed by atoms with van der Waals surface area (Å²) in [5, 5.41) is 11.9. The molecule has 0 bridgehead atoms. The monoisotopic (exact) mass is 526 g/mol. The van der Waals surface area contributed by atoms with Crippen LogP contribution >= 0.6 is 11.3 Å². The Bertz CT molecular complexity index is 1400. The van der Waals surface area contributed by atoms with Crippen molar-refractivity contribution in [1.29, 1.82) is 0 Å². The van der Waals surface area contributed by atoms with E-state index in [1.54, 1.807) is 7.05 Å². The lowest BCUT2D eigenvalue weighted by molar-refractivity contribution is -0.140. The molecule has 1 N–H and O–H groups in total. The van der Waals surface area contributed by atoms with Gasteiger partial charge in [0.15, 0.2) is 5.13 Å². The van der Waals surface area contributed by atoms with Gasteiger partial charge in [-0.25, -0.2) is 9.97 Å². The Labute approximate surface area is 226 Å². The number of aromatic nitrogens is 2. The highest BCUT2D eigenvalue weighted by Gasteiger charge is 2.27. The van der Waals surface area contributed by atoms with Gasteiger partial charge in [0.05, 0.1) is 18.0 Å². The molecule has 8 heteroatoms. The SMILES string of the molecule is CN(C(=O)[C@@H](CC(=O)O)Cc1ccccc1)c1nc(-c2ccccc2-c2ccc(N3CCCC3)nc2)cs1. The summed E-state index contributed by atoms with van der Waals surface area (Å²) >= 11 is 1.37. The normalized spacial score (nSPS) is 13.9. The topological polar surface area (TPSA) is 86.6 Å². The van der Waals surface area contributed by atoms with Crippen molar-refractivity contribution in [2.45, 2.75) is 25.7 Å². The Morgan fingerprint density at radius 2 is 1.71 bits per heavy atom. The van der Waals surface area contributed by atoms with Crippen molar-refractivity contribution in [3.05, 3.63) is 83.9 Å². The molecule has 1 atom stereocenters. The van der Waals surface area contributed by atoms with Gasteiger partial charge in [0.2, 0.25) is 5.91 Å². The van der Waals surface area contributed by atoms with Crippen LogP contribution < -0.4 is 9.80 Å². The molecule has 4 aromatic rings. The number of hydrogen-bond acceptors (Lipinski definition) is 6. The van der Waals surface area contributed by atoms with Crippen molar-refractivity contribution in [3.63, 3.8) is 0 Å². The van der Waals surface area contributed by atoms with Crippen LogP contribution in [0.3, 0.4) is 0 Å². The minimum Gasteiger partial charge on any atom is -0.481 e. The van der Waals surface area contributed by atoms with Gasteiger partial charge in [-0.1, -0.05) is 54.6 Å². The van der Waals surface area contributed by atoms with Crippen LogP contribution in [0.2, 0.25) is 0 Å². The molecule has 1 aliphatic heterocycles. The summed E-state index contributed by atoms with van der Waals surface area (Å²) in [5.41, 5.74) is 4.68. The van der Waals surface area contributed by atoms with Crippen molar-refractivity contribution in [3.8, 4) is 22.4 Å². The molecule has 5 rings (SSSR count). The second-order valence-electron chi connectivity index (χ2n) is 9.54. The summed E-state index contributed by atoms with van der Waals surface area (Å²) < 4.78 is 0. The summed E-state index contributed by atoms with van der Waals surface area (Å²) in [5.74, 6) is -0.927. The van der Waals surface area contributed by atoms with Gasteiger partial charge in [0.25, 0.3) is 0 Å². The van der Waals surface area contributed by atoms with E-state index in [2.05, 4.69) is 23.1 Å². The number of rotatable bonds is 9. The van der Waals surface area contributed by atoms with Crippen LogP contribution in [0.1, 0.15) is 24.8 Å². The zero-order chi connectivity index (χ0) is 26.5. The number of carbonyl (C=O) groups excluding carboxylic acids is 1. The molecule has 1 amide bonds. The van der Waals surface area contributed by atoms with Crippen LogP contribution in [-0.4, -0.2) is 47.1 Å². The number of thiazole rings is 1. The number of nitrogens with zero attached hydrogens (tertiary/aromatic N) is 4. The van der Waals surface area contributed by atoms with E-state index < -0.39 is 11.9 Å². The fourth-order valence-electron chi connectivity index (χ4n) is 4.90. The molecule has 1 aliphatic rings. The summed E-state index contributed by atoms with van der Waals surface area (Å²) in [4.78, 5) is 38.2. The number of carboxylic acid groups (broad SMARTS) is 1. The largest absolute Gasteiger partial charge is 0.481 e. The first-order valence-corrected chi connectivity index (χ1v) is 13.7. The number of anilines is 2. The molecule has 1 saturated heterocycles. The molecular formula is C30H30N4O3S. The van der Waals surface area contributed by atoms with E-state index in [9.17, 15) is 14.7 Å². The number of pyridine rings is 1. The third-order valence-corrected chi connectivity index (χ3v) is 7.81. The molecule has 194 valence electrons. The number of carboxylic acids is 1. The molecule has 1 fully saturated rings. The molecule has 2 aromatic carbocycles. The fourth-order valence-corrected chi connectivity index (χ4v) is 5.70. The van der Waals surface area contributed by atoms with Gasteiger partial charge < -0.3 is 10.0 Å². The lowest BCUT2D eigenvalue weighted by Crippen LogP contribution is -2.35. The highest BCUT2D eigenvalue weighted by atomic mass is 32.1. The Morgan fingerprint density at radius 3 is 2.39 bits per heavy atom. The number of amides is 1. The Morgan fingerprint density at radius 1 is 1.00 bits per heavy atom.